The molecule has 1 aromatic carbocycles. The average Bonchev–Trinajstić information content (AvgIpc) is 2.35. The normalized spacial score (nSPS) is 11.6. The first-order valence-electron chi connectivity index (χ1n) is 5.94. The molecule has 1 aromatic rings. The molecule has 1 rings (SSSR count). The van der Waals surface area contributed by atoms with Crippen molar-refractivity contribution in [3.8, 4) is 5.75 Å². The maximum Gasteiger partial charge on any atom is 0.260 e. The van der Waals surface area contributed by atoms with Crippen molar-refractivity contribution in [2.45, 2.75) is 24.8 Å². The van der Waals surface area contributed by atoms with E-state index in [0.717, 1.165) is 12.1 Å². The van der Waals surface area contributed by atoms with E-state index in [0.29, 0.717) is 0 Å². The van der Waals surface area contributed by atoms with E-state index in [4.69, 9.17) is 33.1 Å². The van der Waals surface area contributed by atoms with Crippen LogP contribution in [0.5, 0.6) is 5.75 Å². The lowest BCUT2D eigenvalue weighted by Crippen LogP contribution is -2.36. The van der Waals surface area contributed by atoms with Crippen molar-refractivity contribution in [1.29, 1.82) is 0 Å². The zero-order valence-electron chi connectivity index (χ0n) is 11.8. The number of rotatable bonds is 5. The molecule has 6 nitrogen and oxygen atoms in total. The molecular formula is C12H16Cl2N2O4S. The van der Waals surface area contributed by atoms with Crippen molar-refractivity contribution < 1.29 is 17.9 Å². The fourth-order valence-corrected chi connectivity index (χ4v) is 2.65. The summed E-state index contributed by atoms with van der Waals surface area (Å²) in [5.74, 6) is -0.219. The monoisotopic (exact) mass is 354 g/mol. The van der Waals surface area contributed by atoms with Gasteiger partial charge in [0.15, 0.2) is 12.4 Å². The van der Waals surface area contributed by atoms with E-state index in [1.54, 1.807) is 7.05 Å². The van der Waals surface area contributed by atoms with Gasteiger partial charge in [-0.15, -0.1) is 0 Å². The number of amides is 1. The second kappa shape index (κ2) is 6.83. The van der Waals surface area contributed by atoms with Gasteiger partial charge in [0.05, 0.1) is 14.9 Å². The van der Waals surface area contributed by atoms with Crippen LogP contribution in [-0.2, 0) is 14.8 Å². The topological polar surface area (TPSA) is 89.7 Å². The van der Waals surface area contributed by atoms with Gasteiger partial charge < -0.3 is 9.64 Å². The third-order valence-electron chi connectivity index (χ3n) is 2.81. The van der Waals surface area contributed by atoms with E-state index in [1.807, 2.05) is 13.8 Å². The van der Waals surface area contributed by atoms with E-state index in [2.05, 4.69) is 0 Å². The number of hydrogen-bond donors (Lipinski definition) is 1. The second-order valence-corrected chi connectivity index (χ2v) is 7.02. The Bertz CT molecular complexity index is 624. The smallest absolute Gasteiger partial charge is 0.260 e. The quantitative estimate of drug-likeness (QED) is 0.873. The van der Waals surface area contributed by atoms with Crippen LogP contribution in [0.1, 0.15) is 13.8 Å². The molecule has 0 atom stereocenters. The van der Waals surface area contributed by atoms with Crippen LogP contribution in [0.2, 0.25) is 10.0 Å². The Morgan fingerprint density at radius 3 is 2.19 bits per heavy atom. The van der Waals surface area contributed by atoms with Crippen molar-refractivity contribution >= 4 is 39.1 Å². The third-order valence-corrected chi connectivity index (χ3v) is 4.26. The fourth-order valence-electron chi connectivity index (χ4n) is 1.36. The lowest BCUT2D eigenvalue weighted by Gasteiger charge is -2.21. The Morgan fingerprint density at radius 1 is 1.33 bits per heavy atom. The molecule has 0 fully saturated rings. The number of nitrogens with two attached hydrogens (primary N) is 1. The highest BCUT2D eigenvalue weighted by molar-refractivity contribution is 7.89. The molecule has 0 saturated carbocycles. The summed E-state index contributed by atoms with van der Waals surface area (Å²) in [6.07, 6.45) is 0. The van der Waals surface area contributed by atoms with E-state index in [1.165, 1.54) is 4.90 Å². The first-order chi connectivity index (χ1) is 9.54. The number of carbonyl (C=O) groups is 1. The van der Waals surface area contributed by atoms with Crippen molar-refractivity contribution in [3.05, 3.63) is 22.2 Å². The highest BCUT2D eigenvalue weighted by Crippen LogP contribution is 2.35. The van der Waals surface area contributed by atoms with E-state index in [9.17, 15) is 13.2 Å². The molecule has 0 saturated heterocycles. The molecule has 0 heterocycles. The Morgan fingerprint density at radius 2 is 1.81 bits per heavy atom. The van der Waals surface area contributed by atoms with Gasteiger partial charge in [-0.05, 0) is 26.0 Å². The summed E-state index contributed by atoms with van der Waals surface area (Å²) >= 11 is 11.8. The summed E-state index contributed by atoms with van der Waals surface area (Å²) in [5, 5.41) is 4.92. The Kier molecular flexibility index (Phi) is 5.86. The summed E-state index contributed by atoms with van der Waals surface area (Å²) in [5.41, 5.74) is 0. The highest BCUT2D eigenvalue weighted by atomic mass is 35.5. The molecule has 118 valence electrons. The van der Waals surface area contributed by atoms with Gasteiger partial charge in [-0.3, -0.25) is 4.79 Å². The SMILES string of the molecule is CC(C)N(C)C(=O)COc1c(Cl)cc(S(N)(=O)=O)cc1Cl. The van der Waals surface area contributed by atoms with E-state index < -0.39 is 10.0 Å². The van der Waals surface area contributed by atoms with Gasteiger partial charge in [-0.1, -0.05) is 23.2 Å². The molecular weight excluding hydrogens is 339 g/mol. The summed E-state index contributed by atoms with van der Waals surface area (Å²) < 4.78 is 27.8. The number of carbonyl (C=O) groups excluding carboxylic acids is 1. The van der Waals surface area contributed by atoms with Gasteiger partial charge in [0, 0.05) is 13.1 Å². The standard InChI is InChI=1S/C12H16Cl2N2O4S/c1-7(2)16(3)11(17)6-20-12-9(13)4-8(5-10(12)14)21(15,18)19/h4-5,7H,6H2,1-3H3,(H2,15,18,19). The Hall–Kier alpha value is -1.02. The van der Waals surface area contributed by atoms with Crippen molar-refractivity contribution in [1.82, 2.24) is 4.90 Å². The van der Waals surface area contributed by atoms with Gasteiger partial charge in [-0.2, -0.15) is 0 Å². The van der Waals surface area contributed by atoms with Crippen LogP contribution >= 0.6 is 23.2 Å². The molecule has 0 unspecified atom stereocenters. The Balaban J connectivity index is 2.94. The van der Waals surface area contributed by atoms with Gasteiger partial charge in [0.2, 0.25) is 10.0 Å². The molecule has 0 radical (unpaired) electrons. The maximum absolute atomic E-state index is 11.8. The third kappa shape index (κ3) is 4.74. The maximum atomic E-state index is 11.8. The van der Waals surface area contributed by atoms with Crippen LogP contribution < -0.4 is 9.88 Å². The lowest BCUT2D eigenvalue weighted by molar-refractivity contribution is -0.133. The summed E-state index contributed by atoms with van der Waals surface area (Å²) in [6, 6.07) is 2.26. The number of hydrogen-bond acceptors (Lipinski definition) is 4. The summed E-state index contributed by atoms with van der Waals surface area (Å²) in [6.45, 7) is 3.46. The first kappa shape index (κ1) is 18.0. The molecule has 0 bridgehead atoms. The molecule has 9 heteroatoms. The van der Waals surface area contributed by atoms with Crippen LogP contribution in [0.25, 0.3) is 0 Å². The van der Waals surface area contributed by atoms with Crippen molar-refractivity contribution in [2.75, 3.05) is 13.7 Å². The fraction of sp³-hybridized carbons (Fsp3) is 0.417. The first-order valence-corrected chi connectivity index (χ1v) is 8.24. The van der Waals surface area contributed by atoms with Gasteiger partial charge in [0.25, 0.3) is 5.91 Å². The predicted molar refractivity (Wildman–Crippen MR) is 81.2 cm³/mol. The van der Waals surface area contributed by atoms with Crippen LogP contribution in [0.15, 0.2) is 17.0 Å². The molecule has 2 N–H and O–H groups in total. The molecule has 21 heavy (non-hydrogen) atoms. The zero-order valence-corrected chi connectivity index (χ0v) is 14.1. The molecule has 0 aliphatic heterocycles. The van der Waals surface area contributed by atoms with Crippen molar-refractivity contribution in [2.24, 2.45) is 5.14 Å². The van der Waals surface area contributed by atoms with Gasteiger partial charge in [0.1, 0.15) is 0 Å². The predicted octanol–water partition coefficient (Wildman–Crippen LogP) is 1.89. The number of halogens is 2. The molecule has 0 spiro atoms. The van der Waals surface area contributed by atoms with Crippen molar-refractivity contribution in [3.63, 3.8) is 0 Å². The minimum absolute atomic E-state index is 0.0248. The number of ether oxygens (including phenoxy) is 1. The second-order valence-electron chi connectivity index (χ2n) is 4.65. The number of benzene rings is 1. The Labute approximate surface area is 133 Å². The van der Waals surface area contributed by atoms with Crippen LogP contribution in [-0.4, -0.2) is 38.9 Å². The van der Waals surface area contributed by atoms with Crippen LogP contribution in [0.3, 0.4) is 0 Å². The minimum Gasteiger partial charge on any atom is -0.481 e. The summed E-state index contributed by atoms with van der Waals surface area (Å²) in [7, 11) is -2.28. The van der Waals surface area contributed by atoms with Crippen LogP contribution in [0, 0.1) is 0 Å². The van der Waals surface area contributed by atoms with E-state index >= 15 is 0 Å². The number of likely N-dealkylation sites (N-methyl/N-ethyl adjacent to an activating group) is 1. The zero-order chi connectivity index (χ0) is 16.4. The lowest BCUT2D eigenvalue weighted by atomic mass is 10.3. The van der Waals surface area contributed by atoms with Crippen LogP contribution in [0.4, 0.5) is 0 Å². The van der Waals surface area contributed by atoms with E-state index in [-0.39, 0.29) is 39.2 Å². The van der Waals surface area contributed by atoms with Gasteiger partial charge in [-0.25, -0.2) is 13.6 Å². The average molecular weight is 355 g/mol. The number of sulfonamides is 1. The molecule has 1 amide bonds. The number of primary sulfonamides is 1. The molecule has 0 aliphatic carbocycles. The number of nitrogens with zero attached hydrogens (tertiary/aromatic N) is 1. The largest absolute Gasteiger partial charge is 0.481 e. The van der Waals surface area contributed by atoms with Gasteiger partial charge >= 0.3 is 0 Å². The molecule has 0 aliphatic rings. The molecule has 0 aromatic heterocycles. The summed E-state index contributed by atoms with van der Waals surface area (Å²) in [4.78, 5) is 13.1. The highest BCUT2D eigenvalue weighted by Gasteiger charge is 2.18. The minimum atomic E-state index is -3.92.